The van der Waals surface area contributed by atoms with Gasteiger partial charge in [-0.1, -0.05) is 12.1 Å². The van der Waals surface area contributed by atoms with Gasteiger partial charge in [-0.05, 0) is 35.9 Å². The summed E-state index contributed by atoms with van der Waals surface area (Å²) in [5.41, 5.74) is 1.64. The monoisotopic (exact) mass is 377 g/mol. The van der Waals surface area contributed by atoms with E-state index >= 15 is 0 Å². The molecule has 0 saturated carbocycles. The fraction of sp³-hybridized carbons (Fsp3) is 0.278. The zero-order chi connectivity index (χ0) is 18.7. The Balaban J connectivity index is 1.63. The van der Waals surface area contributed by atoms with Crippen molar-refractivity contribution in [1.29, 1.82) is 5.26 Å². The minimum atomic E-state index is -3.84. The van der Waals surface area contributed by atoms with Crippen LogP contribution in [-0.4, -0.2) is 43.8 Å². The molecule has 3 rings (SSSR count). The van der Waals surface area contributed by atoms with Crippen molar-refractivity contribution in [3.63, 3.8) is 0 Å². The average molecular weight is 377 g/mol. The van der Waals surface area contributed by atoms with Crippen LogP contribution in [0, 0.1) is 23.0 Å². The third-order valence-corrected chi connectivity index (χ3v) is 6.24. The van der Waals surface area contributed by atoms with E-state index in [1.807, 2.05) is 12.1 Å². The van der Waals surface area contributed by atoms with Crippen LogP contribution in [0.2, 0.25) is 0 Å². The first-order chi connectivity index (χ1) is 12.4. The zero-order valence-electron chi connectivity index (χ0n) is 13.9. The van der Waals surface area contributed by atoms with Crippen molar-refractivity contribution >= 4 is 10.0 Å². The fourth-order valence-corrected chi connectivity index (χ4v) is 4.29. The Hall–Kier alpha value is -2.34. The van der Waals surface area contributed by atoms with Gasteiger partial charge in [0.15, 0.2) is 11.6 Å². The quantitative estimate of drug-likeness (QED) is 0.821. The lowest BCUT2D eigenvalue weighted by Crippen LogP contribution is -2.48. The summed E-state index contributed by atoms with van der Waals surface area (Å²) in [7, 11) is -3.84. The summed E-state index contributed by atoms with van der Waals surface area (Å²) in [5.74, 6) is -2.25. The maximum atomic E-state index is 13.3. The first-order valence-corrected chi connectivity index (χ1v) is 9.51. The lowest BCUT2D eigenvalue weighted by molar-refractivity contribution is 0.181. The largest absolute Gasteiger partial charge is 0.296 e. The Morgan fingerprint density at radius 1 is 0.962 bits per heavy atom. The minimum Gasteiger partial charge on any atom is -0.296 e. The molecular weight excluding hydrogens is 360 g/mol. The molecule has 1 aliphatic rings. The number of hydrogen-bond acceptors (Lipinski definition) is 4. The summed E-state index contributed by atoms with van der Waals surface area (Å²) in [4.78, 5) is 1.87. The van der Waals surface area contributed by atoms with Crippen LogP contribution < -0.4 is 0 Å². The Kier molecular flexibility index (Phi) is 5.32. The van der Waals surface area contributed by atoms with Gasteiger partial charge in [-0.3, -0.25) is 4.90 Å². The second-order valence-corrected chi connectivity index (χ2v) is 8.00. The van der Waals surface area contributed by atoms with Crippen molar-refractivity contribution in [1.82, 2.24) is 9.21 Å². The van der Waals surface area contributed by atoms with Crippen LogP contribution in [0.5, 0.6) is 0 Å². The fourth-order valence-electron chi connectivity index (χ4n) is 2.86. The Morgan fingerprint density at radius 2 is 1.62 bits per heavy atom. The number of sulfonamides is 1. The molecule has 0 bridgehead atoms. The number of hydrogen-bond donors (Lipinski definition) is 0. The molecule has 0 radical (unpaired) electrons. The number of nitriles is 1. The molecule has 1 fully saturated rings. The highest BCUT2D eigenvalue weighted by Crippen LogP contribution is 2.20. The molecule has 0 atom stereocenters. The normalized spacial score (nSPS) is 16.3. The number of benzene rings is 2. The Morgan fingerprint density at radius 3 is 2.19 bits per heavy atom. The lowest BCUT2D eigenvalue weighted by atomic mass is 10.1. The van der Waals surface area contributed by atoms with E-state index in [4.69, 9.17) is 5.26 Å². The Bertz CT molecular complexity index is 932. The predicted octanol–water partition coefficient (Wildman–Crippen LogP) is 2.34. The van der Waals surface area contributed by atoms with Gasteiger partial charge in [-0.2, -0.15) is 9.57 Å². The molecule has 0 aliphatic carbocycles. The van der Waals surface area contributed by atoms with Gasteiger partial charge in [0.2, 0.25) is 10.0 Å². The van der Waals surface area contributed by atoms with Crippen LogP contribution in [0.4, 0.5) is 8.78 Å². The molecule has 1 saturated heterocycles. The third-order valence-electron chi connectivity index (χ3n) is 4.35. The summed E-state index contributed by atoms with van der Waals surface area (Å²) in [5, 5.41) is 8.81. The topological polar surface area (TPSA) is 64.4 Å². The maximum absolute atomic E-state index is 13.3. The highest BCUT2D eigenvalue weighted by atomic mass is 32.2. The molecule has 2 aromatic carbocycles. The SMILES string of the molecule is N#Cc1ccc(CN2CCN(S(=O)(=O)c3ccc(F)c(F)c3)CC2)cc1. The minimum absolute atomic E-state index is 0.239. The molecule has 1 aliphatic heterocycles. The van der Waals surface area contributed by atoms with Gasteiger partial charge in [-0.25, -0.2) is 17.2 Å². The van der Waals surface area contributed by atoms with Crippen LogP contribution in [-0.2, 0) is 16.6 Å². The molecule has 26 heavy (non-hydrogen) atoms. The van der Waals surface area contributed by atoms with Gasteiger partial charge in [0.25, 0.3) is 0 Å². The van der Waals surface area contributed by atoms with E-state index in [2.05, 4.69) is 11.0 Å². The van der Waals surface area contributed by atoms with Gasteiger partial charge in [0.1, 0.15) is 0 Å². The van der Waals surface area contributed by atoms with Crippen LogP contribution in [0.3, 0.4) is 0 Å². The summed E-state index contributed by atoms with van der Waals surface area (Å²) < 4.78 is 52.8. The molecule has 136 valence electrons. The third kappa shape index (κ3) is 3.90. The highest BCUT2D eigenvalue weighted by Gasteiger charge is 2.29. The van der Waals surface area contributed by atoms with E-state index in [0.717, 1.165) is 17.7 Å². The molecule has 0 N–H and O–H groups in total. The molecule has 5 nitrogen and oxygen atoms in total. The molecule has 8 heteroatoms. The van der Waals surface area contributed by atoms with Gasteiger partial charge in [0, 0.05) is 32.7 Å². The number of halogens is 2. The molecule has 1 heterocycles. The molecule has 0 amide bonds. The van der Waals surface area contributed by atoms with Crippen LogP contribution in [0.15, 0.2) is 47.4 Å². The van der Waals surface area contributed by atoms with Gasteiger partial charge in [0.05, 0.1) is 16.5 Å². The summed E-state index contributed by atoms with van der Waals surface area (Å²) in [6.45, 7) is 2.27. The summed E-state index contributed by atoms with van der Waals surface area (Å²) in [6.07, 6.45) is 0. The van der Waals surface area contributed by atoms with Crippen LogP contribution >= 0.6 is 0 Å². The van der Waals surface area contributed by atoms with E-state index in [0.29, 0.717) is 31.3 Å². The van der Waals surface area contributed by atoms with Crippen molar-refractivity contribution < 1.29 is 17.2 Å². The average Bonchev–Trinajstić information content (AvgIpc) is 2.65. The zero-order valence-corrected chi connectivity index (χ0v) is 14.7. The van der Waals surface area contributed by atoms with E-state index in [9.17, 15) is 17.2 Å². The van der Waals surface area contributed by atoms with Crippen molar-refractivity contribution in [2.45, 2.75) is 11.4 Å². The van der Waals surface area contributed by atoms with Crippen LogP contribution in [0.1, 0.15) is 11.1 Å². The molecule has 0 spiro atoms. The maximum Gasteiger partial charge on any atom is 0.243 e. The van der Waals surface area contributed by atoms with Crippen molar-refractivity contribution in [3.8, 4) is 6.07 Å². The number of piperazine rings is 1. The summed E-state index contributed by atoms with van der Waals surface area (Å²) in [6, 6.07) is 11.9. The number of nitrogens with zero attached hydrogens (tertiary/aromatic N) is 3. The standard InChI is InChI=1S/C18H17F2N3O2S/c19-17-6-5-16(11-18(17)20)26(24,25)23-9-7-22(8-10-23)13-15-3-1-14(12-21)2-4-15/h1-6,11H,7-10,13H2. The van der Waals surface area contributed by atoms with E-state index in [1.165, 1.54) is 4.31 Å². The van der Waals surface area contributed by atoms with Gasteiger partial charge in [-0.15, -0.1) is 0 Å². The predicted molar refractivity (Wildman–Crippen MR) is 91.6 cm³/mol. The molecular formula is C18H17F2N3O2S. The van der Waals surface area contributed by atoms with Crippen molar-refractivity contribution in [3.05, 3.63) is 65.2 Å². The molecule has 0 unspecified atom stereocenters. The van der Waals surface area contributed by atoms with Gasteiger partial charge >= 0.3 is 0 Å². The van der Waals surface area contributed by atoms with Gasteiger partial charge < -0.3 is 0 Å². The first-order valence-electron chi connectivity index (χ1n) is 8.07. The van der Waals surface area contributed by atoms with E-state index in [-0.39, 0.29) is 18.0 Å². The van der Waals surface area contributed by atoms with E-state index in [1.54, 1.807) is 12.1 Å². The van der Waals surface area contributed by atoms with Crippen molar-refractivity contribution in [2.75, 3.05) is 26.2 Å². The Labute approximate surface area is 151 Å². The molecule has 0 aromatic heterocycles. The number of rotatable bonds is 4. The second-order valence-electron chi connectivity index (χ2n) is 6.06. The van der Waals surface area contributed by atoms with Crippen LogP contribution in [0.25, 0.3) is 0 Å². The van der Waals surface area contributed by atoms with E-state index < -0.39 is 21.7 Å². The first kappa shape index (κ1) is 18.5. The molecule has 2 aromatic rings. The smallest absolute Gasteiger partial charge is 0.243 e. The second kappa shape index (κ2) is 7.50. The highest BCUT2D eigenvalue weighted by molar-refractivity contribution is 7.89. The van der Waals surface area contributed by atoms with Crippen molar-refractivity contribution in [2.24, 2.45) is 0 Å². The summed E-state index contributed by atoms with van der Waals surface area (Å²) >= 11 is 0. The lowest BCUT2D eigenvalue weighted by Gasteiger charge is -2.34.